The second kappa shape index (κ2) is 16.0. The zero-order valence-electron chi connectivity index (χ0n) is 36.2. The standard InChI is InChI=1S/C59H35F5N4/c1-34-48(67-49-18-10-8-16-41(49)43-24-20-37(30-51(43)67)39-22-27-46(65-32-39)35-12-4-2-5-13-35)29-26-45(53-54(60)56(62)58(64)57(63)55(53)61)59(34)68-50-19-11-9-17-42(50)44-25-21-38(31-52(44)68)40-23-28-47(66-33-40)36-14-6-3-7-15-36/h2-33H,1H3. The van der Waals surface area contributed by atoms with E-state index in [2.05, 4.69) is 22.8 Å². The van der Waals surface area contributed by atoms with Crippen LogP contribution in [-0.4, -0.2) is 19.1 Å². The molecule has 12 aromatic rings. The van der Waals surface area contributed by atoms with Crippen molar-refractivity contribution >= 4 is 43.6 Å². The van der Waals surface area contributed by atoms with E-state index in [1.165, 1.54) is 6.07 Å². The number of nitrogens with zero attached hydrogens (tertiary/aromatic N) is 4. The van der Waals surface area contributed by atoms with E-state index in [1.54, 1.807) is 12.3 Å². The third-order valence-corrected chi connectivity index (χ3v) is 13.0. The molecule has 0 saturated carbocycles. The highest BCUT2D eigenvalue weighted by atomic mass is 19.2. The van der Waals surface area contributed by atoms with Crippen molar-refractivity contribution in [2.24, 2.45) is 0 Å². The number of pyridine rings is 2. The Bertz CT molecular complexity index is 3930. The Morgan fingerprint density at radius 2 is 0.779 bits per heavy atom. The monoisotopic (exact) mass is 894 g/mol. The molecule has 8 aromatic carbocycles. The van der Waals surface area contributed by atoms with Crippen LogP contribution >= 0.6 is 0 Å². The van der Waals surface area contributed by atoms with Crippen molar-refractivity contribution < 1.29 is 22.0 Å². The Morgan fingerprint density at radius 3 is 1.28 bits per heavy atom. The minimum Gasteiger partial charge on any atom is -0.309 e. The summed E-state index contributed by atoms with van der Waals surface area (Å²) in [4.78, 5) is 9.57. The van der Waals surface area contributed by atoms with Crippen LogP contribution in [0.5, 0.6) is 0 Å². The molecule has 12 rings (SSSR count). The van der Waals surface area contributed by atoms with Gasteiger partial charge in [0.1, 0.15) is 0 Å². The fourth-order valence-corrected chi connectivity index (χ4v) is 9.75. The number of benzene rings is 8. The highest BCUT2D eigenvalue weighted by Crippen LogP contribution is 2.45. The van der Waals surface area contributed by atoms with Crippen molar-refractivity contribution in [3.05, 3.63) is 229 Å². The van der Waals surface area contributed by atoms with Crippen LogP contribution in [-0.2, 0) is 0 Å². The first-order valence-corrected chi connectivity index (χ1v) is 22.0. The lowest BCUT2D eigenvalue weighted by atomic mass is 9.96. The van der Waals surface area contributed by atoms with Crippen molar-refractivity contribution in [3.8, 4) is 67.3 Å². The van der Waals surface area contributed by atoms with Gasteiger partial charge in [0.15, 0.2) is 23.3 Å². The zero-order chi connectivity index (χ0) is 46.2. The quantitative estimate of drug-likeness (QED) is 0.0908. The normalized spacial score (nSPS) is 11.7. The first kappa shape index (κ1) is 40.8. The minimum atomic E-state index is -2.22. The molecule has 4 heterocycles. The minimum absolute atomic E-state index is 0.174. The fraction of sp³-hybridized carbons (Fsp3) is 0.0169. The molecule has 0 spiro atoms. The van der Waals surface area contributed by atoms with E-state index in [4.69, 9.17) is 9.97 Å². The van der Waals surface area contributed by atoms with Crippen LogP contribution in [0.2, 0.25) is 0 Å². The summed E-state index contributed by atoms with van der Waals surface area (Å²) in [7, 11) is 0. The van der Waals surface area contributed by atoms with E-state index >= 15 is 17.6 Å². The Labute approximate surface area is 386 Å². The first-order chi connectivity index (χ1) is 33.2. The summed E-state index contributed by atoms with van der Waals surface area (Å²) in [6.45, 7) is 1.83. The van der Waals surface area contributed by atoms with Crippen LogP contribution in [0.1, 0.15) is 5.56 Å². The maximum Gasteiger partial charge on any atom is 0.200 e. The summed E-state index contributed by atoms with van der Waals surface area (Å²) >= 11 is 0. The van der Waals surface area contributed by atoms with Crippen LogP contribution in [0.3, 0.4) is 0 Å². The lowest BCUT2D eigenvalue weighted by molar-refractivity contribution is 0.381. The first-order valence-electron chi connectivity index (χ1n) is 22.0. The van der Waals surface area contributed by atoms with Gasteiger partial charge in [-0.25, -0.2) is 22.0 Å². The Morgan fingerprint density at radius 1 is 0.353 bits per heavy atom. The van der Waals surface area contributed by atoms with Gasteiger partial charge in [0.05, 0.1) is 50.4 Å². The molecule has 0 fully saturated rings. The molecule has 0 N–H and O–H groups in total. The van der Waals surface area contributed by atoms with Crippen molar-refractivity contribution in [2.45, 2.75) is 6.92 Å². The SMILES string of the molecule is Cc1c(-n2c3ccccc3c3ccc(-c4ccc(-c5ccccc5)nc4)cc32)ccc(-c2c(F)c(F)c(F)c(F)c2F)c1-n1c2ccccc2c2ccc(-c3ccc(-c4ccccc4)nc3)cc21. The van der Waals surface area contributed by atoms with Gasteiger partial charge >= 0.3 is 0 Å². The van der Waals surface area contributed by atoms with Gasteiger partial charge in [0.2, 0.25) is 5.82 Å². The lowest BCUT2D eigenvalue weighted by Gasteiger charge is -2.22. The Balaban J connectivity index is 1.12. The fourth-order valence-electron chi connectivity index (χ4n) is 9.75. The molecule has 0 saturated heterocycles. The van der Waals surface area contributed by atoms with Crippen molar-refractivity contribution in [2.75, 3.05) is 0 Å². The van der Waals surface area contributed by atoms with E-state index in [0.29, 0.717) is 22.3 Å². The topological polar surface area (TPSA) is 35.6 Å². The second-order valence-corrected chi connectivity index (χ2v) is 16.8. The maximum atomic E-state index is 16.3. The van der Waals surface area contributed by atoms with E-state index in [1.807, 2.05) is 169 Å². The number of hydrogen-bond acceptors (Lipinski definition) is 2. The zero-order valence-corrected chi connectivity index (χ0v) is 36.2. The number of fused-ring (bicyclic) bond motifs is 6. The number of halogens is 5. The molecule has 0 amide bonds. The number of aromatic nitrogens is 4. The van der Waals surface area contributed by atoms with Gasteiger partial charge < -0.3 is 9.13 Å². The van der Waals surface area contributed by atoms with E-state index < -0.39 is 34.6 Å². The summed E-state index contributed by atoms with van der Waals surface area (Å²) in [5, 5.41) is 3.56. The summed E-state index contributed by atoms with van der Waals surface area (Å²) in [6, 6.07) is 58.7. The van der Waals surface area contributed by atoms with Gasteiger partial charge in [-0.15, -0.1) is 0 Å². The van der Waals surface area contributed by atoms with Crippen molar-refractivity contribution in [1.82, 2.24) is 19.1 Å². The smallest absolute Gasteiger partial charge is 0.200 e. The highest BCUT2D eigenvalue weighted by molar-refractivity contribution is 6.12. The predicted octanol–water partition coefficient (Wildman–Crippen LogP) is 16.0. The number of para-hydroxylation sites is 2. The molecular formula is C59H35F5N4. The summed E-state index contributed by atoms with van der Waals surface area (Å²) in [5.74, 6) is -10.1. The van der Waals surface area contributed by atoms with Crippen molar-refractivity contribution in [3.63, 3.8) is 0 Å². The van der Waals surface area contributed by atoms with Crippen LogP contribution < -0.4 is 0 Å². The highest BCUT2D eigenvalue weighted by Gasteiger charge is 2.31. The third-order valence-electron chi connectivity index (χ3n) is 13.0. The number of rotatable bonds is 7. The molecule has 0 radical (unpaired) electrons. The molecule has 0 unspecified atom stereocenters. The molecule has 4 aromatic heterocycles. The number of hydrogen-bond donors (Lipinski definition) is 0. The molecule has 0 aliphatic heterocycles. The average molecular weight is 895 g/mol. The van der Waals surface area contributed by atoms with E-state index in [-0.39, 0.29) is 11.3 Å². The van der Waals surface area contributed by atoms with Gasteiger partial charge in [-0.05, 0) is 72.1 Å². The van der Waals surface area contributed by atoms with E-state index in [0.717, 1.165) is 77.3 Å². The van der Waals surface area contributed by atoms with Crippen LogP contribution in [0, 0.1) is 36.0 Å². The average Bonchev–Trinajstić information content (AvgIpc) is 3.90. The van der Waals surface area contributed by atoms with Crippen molar-refractivity contribution in [1.29, 1.82) is 0 Å². The molecule has 0 aliphatic carbocycles. The van der Waals surface area contributed by atoms with Gasteiger partial charge in [-0.1, -0.05) is 133 Å². The second-order valence-electron chi connectivity index (χ2n) is 16.8. The van der Waals surface area contributed by atoms with Gasteiger partial charge in [-0.3, -0.25) is 9.97 Å². The molecule has 326 valence electrons. The van der Waals surface area contributed by atoms with Gasteiger partial charge in [0.25, 0.3) is 0 Å². The molecule has 68 heavy (non-hydrogen) atoms. The maximum absolute atomic E-state index is 16.3. The Hall–Kier alpha value is -8.69. The molecule has 0 aliphatic rings. The molecule has 9 heteroatoms. The molecular weight excluding hydrogens is 860 g/mol. The molecule has 0 bridgehead atoms. The summed E-state index contributed by atoms with van der Waals surface area (Å²) < 4.78 is 81.9. The molecule has 4 nitrogen and oxygen atoms in total. The summed E-state index contributed by atoms with van der Waals surface area (Å²) in [5.41, 5.74) is 10.3. The van der Waals surface area contributed by atoms with Gasteiger partial charge in [0, 0.05) is 61.8 Å². The van der Waals surface area contributed by atoms with Crippen LogP contribution in [0.15, 0.2) is 194 Å². The molecule has 0 atom stereocenters. The lowest BCUT2D eigenvalue weighted by Crippen LogP contribution is -2.09. The van der Waals surface area contributed by atoms with Gasteiger partial charge in [-0.2, -0.15) is 0 Å². The predicted molar refractivity (Wildman–Crippen MR) is 262 cm³/mol. The van der Waals surface area contributed by atoms with Crippen LogP contribution in [0.25, 0.3) is 111 Å². The largest absolute Gasteiger partial charge is 0.309 e. The van der Waals surface area contributed by atoms with Crippen LogP contribution in [0.4, 0.5) is 22.0 Å². The third kappa shape index (κ3) is 6.41. The van der Waals surface area contributed by atoms with E-state index in [9.17, 15) is 4.39 Å². The Kier molecular flexibility index (Phi) is 9.62. The summed E-state index contributed by atoms with van der Waals surface area (Å²) in [6.07, 6.45) is 3.65.